The number of rotatable bonds is 8. The van der Waals surface area contributed by atoms with Gasteiger partial charge in [-0.05, 0) is 24.3 Å². The van der Waals surface area contributed by atoms with E-state index in [1.54, 1.807) is 26.1 Å². The van der Waals surface area contributed by atoms with E-state index < -0.39 is 22.6 Å². The van der Waals surface area contributed by atoms with Gasteiger partial charge >= 0.3 is 5.97 Å². The van der Waals surface area contributed by atoms with Crippen LogP contribution in [0.5, 0.6) is 0 Å². The zero-order chi connectivity index (χ0) is 21.9. The third kappa shape index (κ3) is 4.26. The minimum atomic E-state index is -3.86. The Morgan fingerprint density at radius 1 is 1.10 bits per heavy atom. The fourth-order valence-corrected chi connectivity index (χ4v) is 5.08. The van der Waals surface area contributed by atoms with Crippen molar-refractivity contribution in [3.63, 3.8) is 0 Å². The Hall–Kier alpha value is -2.68. The lowest BCUT2D eigenvalue weighted by molar-refractivity contribution is 0.0475. The van der Waals surface area contributed by atoms with Crippen LogP contribution in [0.1, 0.15) is 34.6 Å². The molecule has 0 amide bonds. The molecule has 0 aliphatic rings. The largest absolute Gasteiger partial charge is 0.454 e. The molecule has 158 valence electrons. The number of hydrogen-bond donors (Lipinski definition) is 1. The molecule has 0 fully saturated rings. The van der Waals surface area contributed by atoms with Crippen molar-refractivity contribution in [3.8, 4) is 0 Å². The summed E-state index contributed by atoms with van der Waals surface area (Å²) in [5.41, 5.74) is 1.22. The molecule has 7 nitrogen and oxygen atoms in total. The van der Waals surface area contributed by atoms with Crippen molar-refractivity contribution < 1.29 is 22.7 Å². The summed E-state index contributed by atoms with van der Waals surface area (Å²) < 4.78 is 31.9. The van der Waals surface area contributed by atoms with Gasteiger partial charge in [-0.15, -0.1) is 0 Å². The van der Waals surface area contributed by atoms with E-state index in [1.807, 2.05) is 18.2 Å². The number of sulfonamides is 1. The smallest absolute Gasteiger partial charge is 0.338 e. The third-order valence-electron chi connectivity index (χ3n) is 4.71. The van der Waals surface area contributed by atoms with E-state index in [9.17, 15) is 18.0 Å². The van der Waals surface area contributed by atoms with Gasteiger partial charge in [-0.1, -0.05) is 43.6 Å². The number of aromatic amines is 1. The van der Waals surface area contributed by atoms with Crippen molar-refractivity contribution in [1.29, 1.82) is 0 Å². The van der Waals surface area contributed by atoms with Crippen molar-refractivity contribution in [2.24, 2.45) is 0 Å². The molecule has 9 heteroatoms. The fraction of sp³-hybridized carbons (Fsp3) is 0.238. The second-order valence-corrected chi connectivity index (χ2v) is 8.80. The second kappa shape index (κ2) is 8.99. The normalized spacial score (nSPS) is 11.7. The summed E-state index contributed by atoms with van der Waals surface area (Å²) in [6, 6.07) is 11.2. The maximum absolute atomic E-state index is 12.8. The number of nitrogens with one attached hydrogen (secondary N) is 1. The molecule has 0 aliphatic carbocycles. The minimum Gasteiger partial charge on any atom is -0.454 e. The van der Waals surface area contributed by atoms with Gasteiger partial charge in [-0.25, -0.2) is 13.2 Å². The molecule has 0 saturated heterocycles. The van der Waals surface area contributed by atoms with Crippen LogP contribution in [-0.4, -0.2) is 49.2 Å². The summed E-state index contributed by atoms with van der Waals surface area (Å²) in [6.45, 7) is 3.49. The number of esters is 1. The van der Waals surface area contributed by atoms with E-state index in [0.29, 0.717) is 5.56 Å². The van der Waals surface area contributed by atoms with Gasteiger partial charge in [0.2, 0.25) is 15.8 Å². The van der Waals surface area contributed by atoms with Crippen LogP contribution >= 0.6 is 11.6 Å². The van der Waals surface area contributed by atoms with Crippen molar-refractivity contribution in [3.05, 3.63) is 64.8 Å². The zero-order valence-electron chi connectivity index (χ0n) is 16.5. The van der Waals surface area contributed by atoms with E-state index in [1.165, 1.54) is 22.5 Å². The maximum atomic E-state index is 12.8. The number of carbonyl (C=O) groups is 2. The number of para-hydroxylation sites is 1. The minimum absolute atomic E-state index is 0.00291. The molecule has 2 aromatic carbocycles. The first-order valence-corrected chi connectivity index (χ1v) is 11.2. The highest BCUT2D eigenvalue weighted by atomic mass is 35.5. The molecule has 1 heterocycles. The van der Waals surface area contributed by atoms with E-state index in [0.717, 1.165) is 10.9 Å². The van der Waals surface area contributed by atoms with Crippen molar-refractivity contribution in [1.82, 2.24) is 9.29 Å². The summed E-state index contributed by atoms with van der Waals surface area (Å²) in [6.07, 6.45) is 1.57. The Morgan fingerprint density at radius 2 is 1.80 bits per heavy atom. The van der Waals surface area contributed by atoms with Gasteiger partial charge in [0.25, 0.3) is 0 Å². The first-order valence-electron chi connectivity index (χ1n) is 9.35. The number of ketones is 1. The highest BCUT2D eigenvalue weighted by molar-refractivity contribution is 7.89. The first-order chi connectivity index (χ1) is 14.3. The molecule has 0 saturated carbocycles. The average molecular weight is 449 g/mol. The lowest BCUT2D eigenvalue weighted by Crippen LogP contribution is -2.31. The highest BCUT2D eigenvalue weighted by Gasteiger charge is 2.26. The lowest BCUT2D eigenvalue weighted by atomic mass is 10.1. The molecule has 30 heavy (non-hydrogen) atoms. The Bertz CT molecular complexity index is 1200. The molecular weight excluding hydrogens is 428 g/mol. The predicted octanol–water partition coefficient (Wildman–Crippen LogP) is 3.89. The molecule has 3 rings (SSSR count). The molecule has 3 aromatic rings. The van der Waals surface area contributed by atoms with Crippen LogP contribution in [-0.2, 0) is 14.8 Å². The second-order valence-electron chi connectivity index (χ2n) is 6.48. The zero-order valence-corrected chi connectivity index (χ0v) is 18.1. The number of Topliss-reactive ketones (excluding diaryl/α,β-unsaturated/α-hetero) is 1. The number of aromatic nitrogens is 1. The number of ether oxygens (including phenoxy) is 1. The molecular formula is C21H21ClN2O5S. The van der Waals surface area contributed by atoms with E-state index in [2.05, 4.69) is 4.98 Å². The monoisotopic (exact) mass is 448 g/mol. The first kappa shape index (κ1) is 22.0. The summed E-state index contributed by atoms with van der Waals surface area (Å²) in [7, 11) is -3.86. The average Bonchev–Trinajstić information content (AvgIpc) is 3.17. The Labute approximate surface area is 179 Å². The van der Waals surface area contributed by atoms with Gasteiger partial charge in [-0.2, -0.15) is 4.31 Å². The number of fused-ring (bicyclic) bond motifs is 1. The number of carbonyl (C=O) groups excluding carboxylic acids is 2. The third-order valence-corrected chi connectivity index (χ3v) is 7.25. The van der Waals surface area contributed by atoms with E-state index in [4.69, 9.17) is 16.3 Å². The fourth-order valence-electron chi connectivity index (χ4n) is 3.13. The van der Waals surface area contributed by atoms with Gasteiger partial charge in [0.05, 0.1) is 10.6 Å². The van der Waals surface area contributed by atoms with Crippen LogP contribution in [0, 0.1) is 0 Å². The number of hydrogen-bond acceptors (Lipinski definition) is 5. The van der Waals surface area contributed by atoms with Crippen LogP contribution in [0.3, 0.4) is 0 Å². The van der Waals surface area contributed by atoms with Crippen LogP contribution in [0.15, 0.2) is 53.6 Å². The number of H-pyrrole nitrogens is 1. The van der Waals surface area contributed by atoms with Gasteiger partial charge in [0, 0.05) is 35.8 Å². The van der Waals surface area contributed by atoms with Crippen molar-refractivity contribution in [2.75, 3.05) is 19.7 Å². The predicted molar refractivity (Wildman–Crippen MR) is 114 cm³/mol. The molecule has 1 N–H and O–H groups in total. The quantitative estimate of drug-likeness (QED) is 0.416. The summed E-state index contributed by atoms with van der Waals surface area (Å²) >= 11 is 6.08. The molecule has 0 atom stereocenters. The standard InChI is InChI=1S/C21H21ClN2O5S/c1-3-24(4-2)30(27,28)20-11-14(9-10-17(20)22)21(26)29-13-19(25)16-12-23-18-8-6-5-7-15(16)18/h5-12,23H,3-4,13H2,1-2H3. The molecule has 0 radical (unpaired) electrons. The molecule has 0 bridgehead atoms. The lowest BCUT2D eigenvalue weighted by Gasteiger charge is -2.19. The van der Waals surface area contributed by atoms with Gasteiger partial charge in [0.15, 0.2) is 6.61 Å². The Morgan fingerprint density at radius 3 is 2.50 bits per heavy atom. The maximum Gasteiger partial charge on any atom is 0.338 e. The van der Waals surface area contributed by atoms with Crippen LogP contribution < -0.4 is 0 Å². The van der Waals surface area contributed by atoms with E-state index in [-0.39, 0.29) is 34.4 Å². The van der Waals surface area contributed by atoms with E-state index >= 15 is 0 Å². The summed E-state index contributed by atoms with van der Waals surface area (Å²) in [5.74, 6) is -1.18. The Kier molecular flexibility index (Phi) is 6.60. The van der Waals surface area contributed by atoms with Gasteiger partial charge in [-0.3, -0.25) is 4.79 Å². The number of benzene rings is 2. The van der Waals surface area contributed by atoms with Crippen molar-refractivity contribution in [2.45, 2.75) is 18.7 Å². The Balaban J connectivity index is 1.78. The van der Waals surface area contributed by atoms with Crippen LogP contribution in [0.4, 0.5) is 0 Å². The molecule has 0 unspecified atom stereocenters. The van der Waals surface area contributed by atoms with Crippen molar-refractivity contribution >= 4 is 44.3 Å². The number of nitrogens with zero attached hydrogens (tertiary/aromatic N) is 1. The molecule has 0 aliphatic heterocycles. The van der Waals surface area contributed by atoms with Gasteiger partial charge < -0.3 is 9.72 Å². The van der Waals surface area contributed by atoms with Gasteiger partial charge in [0.1, 0.15) is 4.90 Å². The van der Waals surface area contributed by atoms with Crippen LogP contribution in [0.25, 0.3) is 10.9 Å². The topological polar surface area (TPSA) is 96.5 Å². The molecule has 0 spiro atoms. The molecule has 1 aromatic heterocycles. The summed E-state index contributed by atoms with van der Waals surface area (Å²) in [4.78, 5) is 27.7. The summed E-state index contributed by atoms with van der Waals surface area (Å²) in [5, 5.41) is 0.742. The number of halogens is 1. The SMILES string of the molecule is CCN(CC)S(=O)(=O)c1cc(C(=O)OCC(=O)c2c[nH]c3ccccc23)ccc1Cl. The van der Waals surface area contributed by atoms with Crippen LogP contribution in [0.2, 0.25) is 5.02 Å². The highest BCUT2D eigenvalue weighted by Crippen LogP contribution is 2.26.